The maximum atomic E-state index is 11.3. The third kappa shape index (κ3) is 5.31. The highest BCUT2D eigenvalue weighted by Gasteiger charge is 2.22. The van der Waals surface area contributed by atoms with Gasteiger partial charge in [-0.3, -0.25) is 9.69 Å². The molecule has 1 fully saturated rings. The summed E-state index contributed by atoms with van der Waals surface area (Å²) >= 11 is 1.70. The van der Waals surface area contributed by atoms with E-state index in [4.69, 9.17) is 10.5 Å². The van der Waals surface area contributed by atoms with Crippen molar-refractivity contribution in [3.8, 4) is 0 Å². The maximum Gasteiger partial charge on any atom is 0.231 e. The Labute approximate surface area is 136 Å². The Balaban J connectivity index is 1.97. The van der Waals surface area contributed by atoms with E-state index < -0.39 is 0 Å². The van der Waals surface area contributed by atoms with Crippen molar-refractivity contribution in [3.05, 3.63) is 16.1 Å². The molecule has 7 heteroatoms. The zero-order valence-electron chi connectivity index (χ0n) is 13.6. The molecule has 0 bridgehead atoms. The zero-order valence-corrected chi connectivity index (χ0v) is 14.4. The number of hydrogen-bond donors (Lipinski definition) is 1. The topological polar surface area (TPSA) is 71.7 Å². The second kappa shape index (κ2) is 8.01. The van der Waals surface area contributed by atoms with Gasteiger partial charge >= 0.3 is 0 Å². The minimum atomic E-state index is -0.315. The Morgan fingerprint density at radius 3 is 3.00 bits per heavy atom. The fourth-order valence-corrected chi connectivity index (χ4v) is 3.49. The molecule has 1 aliphatic heterocycles. The Morgan fingerprint density at radius 2 is 2.41 bits per heavy atom. The van der Waals surface area contributed by atoms with Crippen LogP contribution in [-0.4, -0.2) is 66.6 Å². The van der Waals surface area contributed by atoms with Crippen LogP contribution >= 0.6 is 11.3 Å². The van der Waals surface area contributed by atoms with Crippen LogP contribution < -0.4 is 5.73 Å². The Hall–Kier alpha value is -1.02. The molecule has 1 aliphatic rings. The van der Waals surface area contributed by atoms with Crippen LogP contribution in [0.2, 0.25) is 0 Å². The molecule has 6 nitrogen and oxygen atoms in total. The number of aromatic nitrogens is 1. The molecule has 0 radical (unpaired) electrons. The maximum absolute atomic E-state index is 11.3. The van der Waals surface area contributed by atoms with Crippen LogP contribution in [0.4, 0.5) is 0 Å². The number of rotatable bonds is 7. The lowest BCUT2D eigenvalue weighted by Crippen LogP contribution is -2.47. The summed E-state index contributed by atoms with van der Waals surface area (Å²) in [5.74, 6) is 0.163. The van der Waals surface area contributed by atoms with Gasteiger partial charge in [-0.2, -0.15) is 0 Å². The van der Waals surface area contributed by atoms with E-state index in [1.165, 1.54) is 4.88 Å². The fourth-order valence-electron chi connectivity index (χ4n) is 2.53. The number of nitrogens with two attached hydrogens (primary N) is 1. The molecule has 0 unspecified atom stereocenters. The normalized spacial score (nSPS) is 20.0. The van der Waals surface area contributed by atoms with Crippen LogP contribution in [-0.2, 0) is 16.1 Å². The van der Waals surface area contributed by atoms with Gasteiger partial charge in [-0.05, 0) is 13.0 Å². The van der Waals surface area contributed by atoms with Crippen molar-refractivity contribution >= 4 is 17.2 Å². The van der Waals surface area contributed by atoms with Crippen molar-refractivity contribution in [3.63, 3.8) is 0 Å². The molecule has 0 spiro atoms. The number of nitrogens with zero attached hydrogens (tertiary/aromatic N) is 3. The van der Waals surface area contributed by atoms with Crippen molar-refractivity contribution in [1.29, 1.82) is 0 Å². The second-order valence-corrected chi connectivity index (χ2v) is 7.35. The van der Waals surface area contributed by atoms with Gasteiger partial charge in [-0.15, -0.1) is 11.3 Å². The first kappa shape index (κ1) is 17.3. The van der Waals surface area contributed by atoms with Gasteiger partial charge in [0.1, 0.15) is 5.01 Å². The lowest BCUT2D eigenvalue weighted by atomic mass is 10.2. The van der Waals surface area contributed by atoms with Gasteiger partial charge in [0.2, 0.25) is 5.91 Å². The fraction of sp³-hybridized carbons (Fsp3) is 0.733. The monoisotopic (exact) mass is 326 g/mol. The van der Waals surface area contributed by atoms with Crippen molar-refractivity contribution in [2.45, 2.75) is 32.4 Å². The predicted molar refractivity (Wildman–Crippen MR) is 87.9 cm³/mol. The Kier molecular flexibility index (Phi) is 6.31. The molecule has 1 saturated heterocycles. The highest BCUT2D eigenvalue weighted by atomic mass is 32.1. The summed E-state index contributed by atoms with van der Waals surface area (Å²) in [6, 6.07) is 0. The van der Waals surface area contributed by atoms with E-state index in [9.17, 15) is 4.79 Å². The molecule has 1 aromatic rings. The van der Waals surface area contributed by atoms with Gasteiger partial charge in [-0.25, -0.2) is 4.98 Å². The summed E-state index contributed by atoms with van der Waals surface area (Å²) in [4.78, 5) is 21.3. The number of likely N-dealkylation sites (N-methyl/N-ethyl adjacent to an activating group) is 1. The second-order valence-electron chi connectivity index (χ2n) is 6.20. The molecule has 2 N–H and O–H groups in total. The molecular weight excluding hydrogens is 300 g/mol. The largest absolute Gasteiger partial charge is 0.374 e. The van der Waals surface area contributed by atoms with E-state index in [-0.39, 0.29) is 18.6 Å². The highest BCUT2D eigenvalue weighted by Crippen LogP contribution is 2.23. The molecule has 0 saturated carbocycles. The summed E-state index contributed by atoms with van der Waals surface area (Å²) in [6.07, 6.45) is 2.04. The summed E-state index contributed by atoms with van der Waals surface area (Å²) in [7, 11) is 2.09. The summed E-state index contributed by atoms with van der Waals surface area (Å²) in [5.41, 5.74) is 5.38. The van der Waals surface area contributed by atoms with Crippen LogP contribution in [0.15, 0.2) is 6.20 Å². The number of morpholine rings is 1. The molecule has 2 rings (SSSR count). The van der Waals surface area contributed by atoms with Crippen LogP contribution in [0.1, 0.15) is 29.7 Å². The van der Waals surface area contributed by atoms with E-state index in [0.717, 1.165) is 24.7 Å². The van der Waals surface area contributed by atoms with E-state index >= 15 is 0 Å². The summed E-state index contributed by atoms with van der Waals surface area (Å²) in [6.45, 7) is 8.46. The number of amides is 1. The van der Waals surface area contributed by atoms with Crippen molar-refractivity contribution in [2.75, 3.05) is 39.8 Å². The van der Waals surface area contributed by atoms with E-state index in [1.807, 2.05) is 11.1 Å². The lowest BCUT2D eigenvalue weighted by molar-refractivity contribution is -0.120. The van der Waals surface area contributed by atoms with Crippen LogP contribution in [0.25, 0.3) is 0 Å². The van der Waals surface area contributed by atoms with E-state index in [2.05, 4.69) is 30.8 Å². The van der Waals surface area contributed by atoms with Crippen molar-refractivity contribution in [1.82, 2.24) is 14.8 Å². The molecule has 0 aliphatic carbocycles. The standard InChI is InChI=1S/C15H26N4O2S/c1-11(2)13-6-17-15(22-13)10-19(9-14(16)20)8-12-7-18(3)4-5-21-12/h6,11-12H,4-5,7-10H2,1-3H3,(H2,16,20)/t12-/m0/s1. The Bertz CT molecular complexity index is 492. The summed E-state index contributed by atoms with van der Waals surface area (Å²) < 4.78 is 5.79. The molecule has 22 heavy (non-hydrogen) atoms. The quantitative estimate of drug-likeness (QED) is 0.805. The number of hydrogen-bond acceptors (Lipinski definition) is 6. The average Bonchev–Trinajstić information content (AvgIpc) is 2.86. The number of primary amides is 1. The van der Waals surface area contributed by atoms with Crippen molar-refractivity contribution < 1.29 is 9.53 Å². The first-order chi connectivity index (χ1) is 10.4. The van der Waals surface area contributed by atoms with E-state index in [1.54, 1.807) is 11.3 Å². The van der Waals surface area contributed by atoms with Crippen LogP contribution in [0.5, 0.6) is 0 Å². The number of thiazole rings is 1. The predicted octanol–water partition coefficient (Wildman–Crippen LogP) is 0.884. The highest BCUT2D eigenvalue weighted by molar-refractivity contribution is 7.11. The minimum absolute atomic E-state index is 0.114. The van der Waals surface area contributed by atoms with Gasteiger partial charge in [0, 0.05) is 30.7 Å². The van der Waals surface area contributed by atoms with Crippen LogP contribution in [0, 0.1) is 0 Å². The van der Waals surface area contributed by atoms with Crippen molar-refractivity contribution in [2.24, 2.45) is 5.73 Å². The number of carbonyl (C=O) groups is 1. The molecule has 2 heterocycles. The number of carbonyl (C=O) groups excluding carboxylic acids is 1. The molecular formula is C15H26N4O2S. The van der Waals surface area contributed by atoms with Gasteiger partial charge in [0.25, 0.3) is 0 Å². The SMILES string of the molecule is CC(C)c1cnc(CN(CC(N)=O)C[C@@H]2CN(C)CCO2)s1. The summed E-state index contributed by atoms with van der Waals surface area (Å²) in [5, 5.41) is 1.02. The first-order valence-corrected chi connectivity index (χ1v) is 8.51. The van der Waals surface area contributed by atoms with Gasteiger partial charge in [0.05, 0.1) is 25.8 Å². The van der Waals surface area contributed by atoms with Gasteiger partial charge in [-0.1, -0.05) is 13.8 Å². The molecule has 1 amide bonds. The van der Waals surface area contributed by atoms with E-state index in [0.29, 0.717) is 19.0 Å². The Morgan fingerprint density at radius 1 is 1.64 bits per heavy atom. The third-order valence-electron chi connectivity index (χ3n) is 3.68. The van der Waals surface area contributed by atoms with Crippen LogP contribution in [0.3, 0.4) is 0 Å². The minimum Gasteiger partial charge on any atom is -0.374 e. The molecule has 1 aromatic heterocycles. The molecule has 0 aromatic carbocycles. The zero-order chi connectivity index (χ0) is 16.1. The van der Waals surface area contributed by atoms with Gasteiger partial charge < -0.3 is 15.4 Å². The first-order valence-electron chi connectivity index (χ1n) is 7.69. The molecule has 1 atom stereocenters. The molecule has 124 valence electrons. The average molecular weight is 326 g/mol. The van der Waals surface area contributed by atoms with Gasteiger partial charge in [0.15, 0.2) is 0 Å². The smallest absolute Gasteiger partial charge is 0.231 e. The number of ether oxygens (including phenoxy) is 1. The lowest BCUT2D eigenvalue weighted by Gasteiger charge is -2.33. The third-order valence-corrected chi connectivity index (χ3v) is 4.97.